The van der Waals surface area contributed by atoms with Gasteiger partial charge in [-0.2, -0.15) is 0 Å². The van der Waals surface area contributed by atoms with Gasteiger partial charge in [0, 0.05) is 31.4 Å². The first-order chi connectivity index (χ1) is 8.36. The zero-order chi connectivity index (χ0) is 13.3. The molecule has 2 unspecified atom stereocenters. The number of piperazine rings is 1. The molecule has 0 aromatic carbocycles. The number of hydrogen-bond acceptors (Lipinski definition) is 3. The maximum absolute atomic E-state index is 4.64. The van der Waals surface area contributed by atoms with E-state index < -0.39 is 0 Å². The molecule has 0 aliphatic carbocycles. The molecular formula is C15H25N3. The van der Waals surface area contributed by atoms with Crippen LogP contribution in [0.15, 0.2) is 18.3 Å². The lowest BCUT2D eigenvalue weighted by molar-refractivity contribution is 0.405. The van der Waals surface area contributed by atoms with E-state index in [1.807, 2.05) is 6.20 Å². The Kier molecular flexibility index (Phi) is 3.62. The Morgan fingerprint density at radius 2 is 1.78 bits per heavy atom. The van der Waals surface area contributed by atoms with Crippen LogP contribution in [0, 0.1) is 0 Å². The fraction of sp³-hybridized carbons (Fsp3) is 0.667. The molecule has 18 heavy (non-hydrogen) atoms. The van der Waals surface area contributed by atoms with Crippen LogP contribution in [-0.2, 0) is 5.41 Å². The monoisotopic (exact) mass is 247 g/mol. The fourth-order valence-electron chi connectivity index (χ4n) is 2.53. The first-order valence-corrected chi connectivity index (χ1v) is 6.84. The molecular weight excluding hydrogens is 222 g/mol. The number of rotatable bonds is 1. The van der Waals surface area contributed by atoms with Crippen molar-refractivity contribution in [2.45, 2.75) is 52.1 Å². The van der Waals surface area contributed by atoms with Crippen LogP contribution in [0.4, 0.5) is 5.82 Å². The highest BCUT2D eigenvalue weighted by atomic mass is 15.2. The molecule has 2 atom stereocenters. The van der Waals surface area contributed by atoms with Crippen LogP contribution in [0.1, 0.15) is 40.2 Å². The van der Waals surface area contributed by atoms with Crippen molar-refractivity contribution in [2.75, 3.05) is 18.0 Å². The van der Waals surface area contributed by atoms with Crippen LogP contribution in [0.5, 0.6) is 0 Å². The first kappa shape index (κ1) is 13.3. The normalized spacial score (nSPS) is 25.3. The Bertz CT molecular complexity index is 381. The summed E-state index contributed by atoms with van der Waals surface area (Å²) in [4.78, 5) is 7.01. The van der Waals surface area contributed by atoms with Gasteiger partial charge in [0.2, 0.25) is 0 Å². The smallest absolute Gasteiger partial charge is 0.128 e. The molecule has 0 radical (unpaired) electrons. The van der Waals surface area contributed by atoms with Gasteiger partial charge in [-0.15, -0.1) is 0 Å². The minimum absolute atomic E-state index is 0.176. The third-order valence-corrected chi connectivity index (χ3v) is 3.50. The summed E-state index contributed by atoms with van der Waals surface area (Å²) >= 11 is 0. The highest BCUT2D eigenvalue weighted by Gasteiger charge is 2.22. The van der Waals surface area contributed by atoms with Crippen molar-refractivity contribution in [2.24, 2.45) is 0 Å². The van der Waals surface area contributed by atoms with E-state index in [0.29, 0.717) is 12.1 Å². The molecule has 1 fully saturated rings. The second kappa shape index (κ2) is 4.88. The predicted molar refractivity (Wildman–Crippen MR) is 77.2 cm³/mol. The Morgan fingerprint density at radius 1 is 1.17 bits per heavy atom. The van der Waals surface area contributed by atoms with Crippen molar-refractivity contribution in [1.29, 1.82) is 0 Å². The molecule has 100 valence electrons. The second-order valence-corrected chi connectivity index (χ2v) is 6.53. The maximum atomic E-state index is 4.64. The SMILES string of the molecule is CC1CN(c2ccc(C(C)(C)C)cn2)CC(C)N1. The summed E-state index contributed by atoms with van der Waals surface area (Å²) in [6.07, 6.45) is 2.02. The van der Waals surface area contributed by atoms with Crippen molar-refractivity contribution >= 4 is 5.82 Å². The van der Waals surface area contributed by atoms with Crippen LogP contribution in [0.25, 0.3) is 0 Å². The van der Waals surface area contributed by atoms with Crippen molar-refractivity contribution in [3.63, 3.8) is 0 Å². The standard InChI is InChI=1S/C15H25N3/c1-11-9-18(10-12(2)17-11)14-7-6-13(8-16-14)15(3,4)5/h6-8,11-12,17H,9-10H2,1-5H3. The predicted octanol–water partition coefficient (Wildman–Crippen LogP) is 2.57. The van der Waals surface area contributed by atoms with Crippen LogP contribution in [-0.4, -0.2) is 30.2 Å². The maximum Gasteiger partial charge on any atom is 0.128 e. The molecule has 3 nitrogen and oxygen atoms in total. The van der Waals surface area contributed by atoms with Gasteiger partial charge in [-0.25, -0.2) is 4.98 Å². The molecule has 1 saturated heterocycles. The van der Waals surface area contributed by atoms with Crippen molar-refractivity contribution in [3.8, 4) is 0 Å². The Balaban J connectivity index is 2.14. The molecule has 1 aromatic rings. The summed E-state index contributed by atoms with van der Waals surface area (Å²) in [6, 6.07) is 5.42. The van der Waals surface area contributed by atoms with Crippen LogP contribution < -0.4 is 10.2 Å². The lowest BCUT2D eigenvalue weighted by atomic mass is 9.88. The molecule has 0 amide bonds. The number of hydrogen-bond donors (Lipinski definition) is 1. The number of aromatic nitrogens is 1. The zero-order valence-corrected chi connectivity index (χ0v) is 12.2. The van der Waals surface area contributed by atoms with Gasteiger partial charge >= 0.3 is 0 Å². The van der Waals surface area contributed by atoms with Gasteiger partial charge in [-0.05, 0) is 30.9 Å². The zero-order valence-electron chi connectivity index (χ0n) is 12.2. The number of nitrogens with zero attached hydrogens (tertiary/aromatic N) is 2. The van der Waals surface area contributed by atoms with E-state index in [1.165, 1.54) is 5.56 Å². The van der Waals surface area contributed by atoms with Gasteiger partial charge in [0.05, 0.1) is 0 Å². The Morgan fingerprint density at radius 3 is 2.22 bits per heavy atom. The fourth-order valence-corrected chi connectivity index (χ4v) is 2.53. The van der Waals surface area contributed by atoms with Gasteiger partial charge in [0.1, 0.15) is 5.82 Å². The van der Waals surface area contributed by atoms with Gasteiger partial charge < -0.3 is 10.2 Å². The van der Waals surface area contributed by atoms with E-state index in [2.05, 4.69) is 62.0 Å². The summed E-state index contributed by atoms with van der Waals surface area (Å²) in [5.41, 5.74) is 1.47. The topological polar surface area (TPSA) is 28.2 Å². The van der Waals surface area contributed by atoms with E-state index in [9.17, 15) is 0 Å². The first-order valence-electron chi connectivity index (χ1n) is 6.84. The van der Waals surface area contributed by atoms with E-state index in [0.717, 1.165) is 18.9 Å². The Labute approximate surface area is 111 Å². The highest BCUT2D eigenvalue weighted by molar-refractivity contribution is 5.41. The largest absolute Gasteiger partial charge is 0.354 e. The molecule has 0 bridgehead atoms. The molecule has 0 saturated carbocycles. The summed E-state index contributed by atoms with van der Waals surface area (Å²) in [5.74, 6) is 1.10. The molecule has 2 rings (SSSR count). The minimum atomic E-state index is 0.176. The van der Waals surface area contributed by atoms with Gasteiger partial charge in [0.15, 0.2) is 0 Å². The number of pyridine rings is 1. The lowest BCUT2D eigenvalue weighted by Gasteiger charge is -2.37. The molecule has 0 spiro atoms. The molecule has 2 heterocycles. The minimum Gasteiger partial charge on any atom is -0.354 e. The van der Waals surface area contributed by atoms with E-state index in [1.54, 1.807) is 0 Å². The van der Waals surface area contributed by atoms with Crippen LogP contribution >= 0.6 is 0 Å². The summed E-state index contributed by atoms with van der Waals surface area (Å²) in [7, 11) is 0. The second-order valence-electron chi connectivity index (χ2n) is 6.53. The third kappa shape index (κ3) is 3.02. The summed E-state index contributed by atoms with van der Waals surface area (Å²) < 4.78 is 0. The highest BCUT2D eigenvalue weighted by Crippen LogP contribution is 2.23. The van der Waals surface area contributed by atoms with Gasteiger partial charge in [-0.1, -0.05) is 26.8 Å². The van der Waals surface area contributed by atoms with E-state index in [4.69, 9.17) is 0 Å². The average molecular weight is 247 g/mol. The van der Waals surface area contributed by atoms with Crippen molar-refractivity contribution in [1.82, 2.24) is 10.3 Å². The molecule has 3 heteroatoms. The summed E-state index contributed by atoms with van der Waals surface area (Å²) in [6.45, 7) is 13.2. The number of nitrogens with one attached hydrogen (secondary N) is 1. The summed E-state index contributed by atoms with van der Waals surface area (Å²) in [5, 5.41) is 3.55. The quantitative estimate of drug-likeness (QED) is 0.826. The van der Waals surface area contributed by atoms with Crippen LogP contribution in [0.3, 0.4) is 0 Å². The molecule has 1 aliphatic heterocycles. The van der Waals surface area contributed by atoms with E-state index in [-0.39, 0.29) is 5.41 Å². The van der Waals surface area contributed by atoms with Crippen LogP contribution in [0.2, 0.25) is 0 Å². The van der Waals surface area contributed by atoms with Crippen molar-refractivity contribution in [3.05, 3.63) is 23.9 Å². The van der Waals surface area contributed by atoms with E-state index >= 15 is 0 Å². The van der Waals surface area contributed by atoms with Gasteiger partial charge in [0.25, 0.3) is 0 Å². The molecule has 1 aliphatic rings. The van der Waals surface area contributed by atoms with Crippen molar-refractivity contribution < 1.29 is 0 Å². The number of anilines is 1. The third-order valence-electron chi connectivity index (χ3n) is 3.50. The lowest BCUT2D eigenvalue weighted by Crippen LogP contribution is -2.54. The van der Waals surface area contributed by atoms with Gasteiger partial charge in [-0.3, -0.25) is 0 Å². The Hall–Kier alpha value is -1.09. The molecule has 1 N–H and O–H groups in total. The average Bonchev–Trinajstić information content (AvgIpc) is 2.27. The molecule has 1 aromatic heterocycles.